The van der Waals surface area contributed by atoms with Crippen LogP contribution in [0.3, 0.4) is 0 Å². The summed E-state index contributed by atoms with van der Waals surface area (Å²) in [4.78, 5) is 15.1. The summed E-state index contributed by atoms with van der Waals surface area (Å²) in [5, 5.41) is 13.6. The van der Waals surface area contributed by atoms with Gasteiger partial charge in [-0.25, -0.2) is 4.79 Å². The van der Waals surface area contributed by atoms with E-state index in [1.54, 1.807) is 0 Å². The SMILES string of the molecule is O=C(NCc1ccccc1)N(Cc1ccccc1)[C@@H]1CC[C@@H]2C[C@@H]1[C@@H](O)CO2. The molecule has 1 heterocycles. The molecular formula is C23H28N2O3. The first-order valence-corrected chi connectivity index (χ1v) is 10.1. The van der Waals surface area contributed by atoms with Crippen molar-refractivity contribution in [1.82, 2.24) is 10.2 Å². The molecule has 5 heteroatoms. The van der Waals surface area contributed by atoms with E-state index in [4.69, 9.17) is 4.74 Å². The van der Waals surface area contributed by atoms with Gasteiger partial charge in [0.05, 0.1) is 18.8 Å². The molecule has 148 valence electrons. The summed E-state index contributed by atoms with van der Waals surface area (Å²) in [7, 11) is 0. The zero-order chi connectivity index (χ0) is 19.3. The number of rotatable bonds is 5. The number of aliphatic hydroxyl groups is 1. The van der Waals surface area contributed by atoms with Crippen LogP contribution in [0.1, 0.15) is 30.4 Å². The number of fused-ring (bicyclic) bond motifs is 2. The van der Waals surface area contributed by atoms with Gasteiger partial charge in [-0.2, -0.15) is 0 Å². The van der Waals surface area contributed by atoms with Gasteiger partial charge >= 0.3 is 6.03 Å². The number of ether oxygens (including phenoxy) is 1. The monoisotopic (exact) mass is 380 g/mol. The number of carbonyl (C=O) groups is 1. The van der Waals surface area contributed by atoms with Crippen LogP contribution in [0, 0.1) is 5.92 Å². The number of benzene rings is 2. The molecule has 4 atom stereocenters. The number of carbonyl (C=O) groups excluding carboxylic acids is 1. The van der Waals surface area contributed by atoms with Crippen LogP contribution < -0.4 is 5.32 Å². The van der Waals surface area contributed by atoms with Gasteiger partial charge in [-0.1, -0.05) is 60.7 Å². The highest BCUT2D eigenvalue weighted by Crippen LogP contribution is 2.37. The van der Waals surface area contributed by atoms with Crippen LogP contribution in [-0.2, 0) is 17.8 Å². The van der Waals surface area contributed by atoms with E-state index >= 15 is 0 Å². The summed E-state index contributed by atoms with van der Waals surface area (Å²) < 4.78 is 5.70. The van der Waals surface area contributed by atoms with Crippen molar-refractivity contribution in [3.63, 3.8) is 0 Å². The maximum absolute atomic E-state index is 13.2. The van der Waals surface area contributed by atoms with E-state index in [0.717, 1.165) is 30.4 Å². The van der Waals surface area contributed by atoms with Crippen molar-refractivity contribution in [2.75, 3.05) is 6.61 Å². The highest BCUT2D eigenvalue weighted by molar-refractivity contribution is 5.74. The lowest BCUT2D eigenvalue weighted by Gasteiger charge is -2.47. The smallest absolute Gasteiger partial charge is 0.318 e. The lowest BCUT2D eigenvalue weighted by Crippen LogP contribution is -2.56. The van der Waals surface area contributed by atoms with Crippen LogP contribution in [0.25, 0.3) is 0 Å². The Kier molecular flexibility index (Phi) is 5.93. The molecule has 28 heavy (non-hydrogen) atoms. The maximum atomic E-state index is 13.2. The van der Waals surface area contributed by atoms with Crippen LogP contribution in [-0.4, -0.2) is 40.9 Å². The van der Waals surface area contributed by atoms with Gasteiger partial charge in [0.2, 0.25) is 0 Å². The van der Waals surface area contributed by atoms with Crippen molar-refractivity contribution < 1.29 is 14.6 Å². The average molecular weight is 380 g/mol. The van der Waals surface area contributed by atoms with Crippen molar-refractivity contribution >= 4 is 6.03 Å². The molecule has 4 rings (SSSR count). The van der Waals surface area contributed by atoms with Gasteiger partial charge in [-0.15, -0.1) is 0 Å². The number of hydrogen-bond acceptors (Lipinski definition) is 3. The number of hydrogen-bond donors (Lipinski definition) is 2. The molecule has 0 unspecified atom stereocenters. The van der Waals surface area contributed by atoms with Crippen LogP contribution in [0.15, 0.2) is 60.7 Å². The second-order valence-corrected chi connectivity index (χ2v) is 7.82. The summed E-state index contributed by atoms with van der Waals surface area (Å²) in [6.45, 7) is 1.41. The second-order valence-electron chi connectivity index (χ2n) is 7.82. The predicted octanol–water partition coefficient (Wildman–Crippen LogP) is 3.33. The van der Waals surface area contributed by atoms with Crippen molar-refractivity contribution in [3.05, 3.63) is 71.8 Å². The van der Waals surface area contributed by atoms with Crippen LogP contribution in [0.4, 0.5) is 4.79 Å². The van der Waals surface area contributed by atoms with E-state index in [0.29, 0.717) is 19.7 Å². The third-order valence-electron chi connectivity index (χ3n) is 5.95. The molecule has 1 aliphatic heterocycles. The highest BCUT2D eigenvalue weighted by Gasteiger charge is 2.43. The van der Waals surface area contributed by atoms with Crippen molar-refractivity contribution in [3.8, 4) is 0 Å². The third-order valence-corrected chi connectivity index (χ3v) is 5.95. The van der Waals surface area contributed by atoms with Crippen LogP contribution in [0.2, 0.25) is 0 Å². The van der Waals surface area contributed by atoms with Gasteiger partial charge in [0, 0.05) is 25.0 Å². The molecule has 2 amide bonds. The average Bonchev–Trinajstić information content (AvgIpc) is 2.75. The highest BCUT2D eigenvalue weighted by atomic mass is 16.5. The molecule has 1 saturated carbocycles. The molecule has 2 aromatic carbocycles. The number of amides is 2. The second kappa shape index (κ2) is 8.76. The minimum absolute atomic E-state index is 0.0196. The number of nitrogens with zero attached hydrogens (tertiary/aromatic N) is 1. The van der Waals surface area contributed by atoms with Gasteiger partial charge in [-0.05, 0) is 30.4 Å². The molecule has 0 aromatic heterocycles. The van der Waals surface area contributed by atoms with E-state index in [1.807, 2.05) is 65.6 Å². The first-order chi connectivity index (χ1) is 13.7. The van der Waals surface area contributed by atoms with Crippen molar-refractivity contribution in [2.45, 2.75) is 50.6 Å². The Hall–Kier alpha value is -2.37. The van der Waals surface area contributed by atoms with Gasteiger partial charge in [0.25, 0.3) is 0 Å². The van der Waals surface area contributed by atoms with Gasteiger partial charge in [0.1, 0.15) is 0 Å². The molecule has 5 nitrogen and oxygen atoms in total. The van der Waals surface area contributed by atoms with E-state index in [2.05, 4.69) is 5.32 Å². The topological polar surface area (TPSA) is 61.8 Å². The fourth-order valence-corrected chi connectivity index (χ4v) is 4.45. The Labute approximate surface area is 166 Å². The molecule has 2 aromatic rings. The Morgan fingerprint density at radius 3 is 2.43 bits per heavy atom. The summed E-state index contributed by atoms with van der Waals surface area (Å²) in [5.41, 5.74) is 2.17. The molecular weight excluding hydrogens is 352 g/mol. The minimum atomic E-state index is -0.512. The molecule has 2 aliphatic rings. The quantitative estimate of drug-likeness (QED) is 0.836. The molecule has 0 spiro atoms. The lowest BCUT2D eigenvalue weighted by atomic mass is 9.77. The van der Waals surface area contributed by atoms with Crippen molar-refractivity contribution in [2.24, 2.45) is 5.92 Å². The third kappa shape index (κ3) is 4.37. The molecule has 2 fully saturated rings. The zero-order valence-corrected chi connectivity index (χ0v) is 16.0. The molecule has 1 saturated heterocycles. The van der Waals surface area contributed by atoms with E-state index in [1.165, 1.54) is 0 Å². The number of urea groups is 1. The van der Waals surface area contributed by atoms with Gasteiger partial charge in [0.15, 0.2) is 0 Å². The summed E-state index contributed by atoms with van der Waals surface area (Å²) in [6.07, 6.45) is 2.32. The Morgan fingerprint density at radius 2 is 1.71 bits per heavy atom. The molecule has 1 aliphatic carbocycles. The Balaban J connectivity index is 1.52. The normalized spacial score (nSPS) is 26.5. The largest absolute Gasteiger partial charge is 0.390 e. The number of nitrogens with one attached hydrogen (secondary N) is 1. The van der Waals surface area contributed by atoms with E-state index in [9.17, 15) is 9.90 Å². The predicted molar refractivity (Wildman–Crippen MR) is 108 cm³/mol. The van der Waals surface area contributed by atoms with Crippen LogP contribution >= 0.6 is 0 Å². The Bertz CT molecular complexity index is 768. The minimum Gasteiger partial charge on any atom is -0.390 e. The lowest BCUT2D eigenvalue weighted by molar-refractivity contribution is -0.130. The summed E-state index contributed by atoms with van der Waals surface area (Å²) in [6, 6.07) is 19.9. The molecule has 2 N–H and O–H groups in total. The Morgan fingerprint density at radius 1 is 1.04 bits per heavy atom. The molecule has 2 bridgehead atoms. The van der Waals surface area contributed by atoms with Crippen molar-refractivity contribution in [1.29, 1.82) is 0 Å². The zero-order valence-electron chi connectivity index (χ0n) is 16.0. The fraction of sp³-hybridized carbons (Fsp3) is 0.435. The number of aliphatic hydroxyl groups excluding tert-OH is 1. The van der Waals surface area contributed by atoms with Gasteiger partial charge < -0.3 is 20.1 Å². The first kappa shape index (κ1) is 19.0. The van der Waals surface area contributed by atoms with E-state index < -0.39 is 6.10 Å². The summed E-state index contributed by atoms with van der Waals surface area (Å²) >= 11 is 0. The van der Waals surface area contributed by atoms with E-state index in [-0.39, 0.29) is 24.1 Å². The molecule has 0 radical (unpaired) electrons. The fourth-order valence-electron chi connectivity index (χ4n) is 4.45. The standard InChI is InChI=1S/C23H28N2O3/c26-22-16-28-19-11-12-21(20(22)13-19)25(15-18-9-5-2-6-10-18)23(27)24-14-17-7-3-1-4-8-17/h1-10,19-22,26H,11-16H2,(H,24,27)/t19-,20+,21-,22+/m1/s1. The maximum Gasteiger partial charge on any atom is 0.318 e. The van der Waals surface area contributed by atoms with Gasteiger partial charge in [-0.3, -0.25) is 0 Å². The summed E-state index contributed by atoms with van der Waals surface area (Å²) in [5.74, 6) is 0.0682. The first-order valence-electron chi connectivity index (χ1n) is 10.1. The van der Waals surface area contributed by atoms with Crippen LogP contribution in [0.5, 0.6) is 0 Å².